The highest BCUT2D eigenvalue weighted by atomic mass is 16.8. The number of aliphatic hydroxyl groups excluding tert-OH is 2. The maximum absolute atomic E-state index is 10.9. The molecule has 3 rings (SSSR count). The summed E-state index contributed by atoms with van der Waals surface area (Å²) in [6.45, 7) is 3.67. The fourth-order valence-electron chi connectivity index (χ4n) is 3.12. The smallest absolute Gasteiger partial charge is 0.255 e. The summed E-state index contributed by atoms with van der Waals surface area (Å²) in [5.41, 5.74) is 1.46. The molecule has 2 aliphatic heterocycles. The van der Waals surface area contributed by atoms with Crippen LogP contribution in [0.25, 0.3) is 0 Å². The summed E-state index contributed by atoms with van der Waals surface area (Å²) in [4.78, 5) is 0. The molecule has 6 nitrogen and oxygen atoms in total. The molecule has 116 valence electrons. The Bertz CT molecular complexity index is 535. The van der Waals surface area contributed by atoms with Crippen molar-refractivity contribution in [3.05, 3.63) is 35.4 Å². The molecule has 2 aliphatic rings. The fraction of sp³-hybridized carbons (Fsp3) is 0.600. The lowest BCUT2D eigenvalue weighted by molar-refractivity contribution is -0.468. The predicted molar refractivity (Wildman–Crippen MR) is 72.0 cm³/mol. The normalized spacial score (nSPS) is 42.2. The van der Waals surface area contributed by atoms with Crippen molar-refractivity contribution in [3.8, 4) is 0 Å². The van der Waals surface area contributed by atoms with E-state index in [4.69, 9.17) is 14.2 Å². The van der Waals surface area contributed by atoms with Crippen LogP contribution in [-0.4, -0.2) is 46.0 Å². The molecule has 1 aromatic carbocycles. The molecular weight excluding hydrogens is 276 g/mol. The quantitative estimate of drug-likeness (QED) is 0.677. The zero-order valence-corrected chi connectivity index (χ0v) is 12.0. The van der Waals surface area contributed by atoms with Gasteiger partial charge in [0.15, 0.2) is 0 Å². The number of aliphatic hydroxyl groups is 3. The summed E-state index contributed by atoms with van der Waals surface area (Å²) in [7, 11) is 0. The van der Waals surface area contributed by atoms with E-state index in [1.54, 1.807) is 26.0 Å². The van der Waals surface area contributed by atoms with Gasteiger partial charge in [-0.15, -0.1) is 0 Å². The van der Waals surface area contributed by atoms with Crippen molar-refractivity contribution < 1.29 is 29.5 Å². The van der Waals surface area contributed by atoms with E-state index in [2.05, 4.69) is 0 Å². The van der Waals surface area contributed by atoms with Crippen molar-refractivity contribution in [1.82, 2.24) is 0 Å². The van der Waals surface area contributed by atoms with Crippen molar-refractivity contribution in [3.63, 3.8) is 0 Å². The van der Waals surface area contributed by atoms with E-state index in [-0.39, 0.29) is 13.2 Å². The minimum Gasteiger partial charge on any atom is -0.387 e. The van der Waals surface area contributed by atoms with E-state index < -0.39 is 29.9 Å². The lowest BCUT2D eigenvalue weighted by Crippen LogP contribution is -2.71. The zero-order chi connectivity index (χ0) is 15.3. The molecular formula is C15H20O6. The van der Waals surface area contributed by atoms with Gasteiger partial charge in [0.25, 0.3) is 11.6 Å². The Balaban J connectivity index is 2.15. The van der Waals surface area contributed by atoms with Crippen LogP contribution in [0.3, 0.4) is 0 Å². The van der Waals surface area contributed by atoms with Crippen LogP contribution in [0.1, 0.15) is 25.0 Å². The minimum absolute atomic E-state index is 0.130. The third kappa shape index (κ3) is 1.88. The highest BCUT2D eigenvalue weighted by Gasteiger charge is 2.68. The molecule has 1 spiro atoms. The molecule has 0 bridgehead atoms. The topological polar surface area (TPSA) is 88.4 Å². The SMILES string of the molecule is CCOC1(O)C(O)C(O)C(C)OC12OCc1ccccc12. The van der Waals surface area contributed by atoms with E-state index in [0.717, 1.165) is 5.56 Å². The van der Waals surface area contributed by atoms with Gasteiger partial charge >= 0.3 is 0 Å². The van der Waals surface area contributed by atoms with Crippen LogP contribution < -0.4 is 0 Å². The Hall–Kier alpha value is -1.02. The molecule has 21 heavy (non-hydrogen) atoms. The lowest BCUT2D eigenvalue weighted by atomic mass is 9.84. The van der Waals surface area contributed by atoms with Crippen molar-refractivity contribution in [2.45, 2.75) is 50.3 Å². The van der Waals surface area contributed by atoms with Crippen LogP contribution in [-0.2, 0) is 26.6 Å². The molecule has 1 saturated heterocycles. The summed E-state index contributed by atoms with van der Waals surface area (Å²) >= 11 is 0. The second-order valence-electron chi connectivity index (χ2n) is 5.45. The third-order valence-corrected chi connectivity index (χ3v) is 4.20. The lowest BCUT2D eigenvalue weighted by Gasteiger charge is -2.52. The van der Waals surface area contributed by atoms with Crippen LogP contribution in [0.4, 0.5) is 0 Å². The van der Waals surface area contributed by atoms with E-state index in [9.17, 15) is 15.3 Å². The Morgan fingerprint density at radius 3 is 2.76 bits per heavy atom. The van der Waals surface area contributed by atoms with Gasteiger partial charge in [-0.1, -0.05) is 24.3 Å². The van der Waals surface area contributed by atoms with Crippen molar-refractivity contribution in [2.75, 3.05) is 6.61 Å². The summed E-state index contributed by atoms with van der Waals surface area (Å²) in [5, 5.41) is 31.3. The van der Waals surface area contributed by atoms with Gasteiger partial charge in [0.2, 0.25) is 0 Å². The molecule has 0 aromatic heterocycles. The van der Waals surface area contributed by atoms with Crippen LogP contribution in [0.2, 0.25) is 0 Å². The van der Waals surface area contributed by atoms with Crippen molar-refractivity contribution in [1.29, 1.82) is 0 Å². The minimum atomic E-state index is -2.18. The third-order valence-electron chi connectivity index (χ3n) is 4.20. The highest BCUT2D eigenvalue weighted by molar-refractivity contribution is 5.36. The first kappa shape index (κ1) is 14.9. The molecule has 5 atom stereocenters. The molecule has 0 amide bonds. The van der Waals surface area contributed by atoms with E-state index in [1.807, 2.05) is 12.1 Å². The molecule has 2 heterocycles. The molecule has 3 N–H and O–H groups in total. The summed E-state index contributed by atoms with van der Waals surface area (Å²) in [5.74, 6) is -3.82. The number of ether oxygens (including phenoxy) is 3. The molecule has 1 fully saturated rings. The van der Waals surface area contributed by atoms with Crippen molar-refractivity contribution in [2.24, 2.45) is 0 Å². The van der Waals surface area contributed by atoms with Crippen LogP contribution in [0.5, 0.6) is 0 Å². The molecule has 0 aliphatic carbocycles. The first-order chi connectivity index (χ1) is 9.96. The van der Waals surface area contributed by atoms with Gasteiger partial charge in [-0.3, -0.25) is 0 Å². The first-order valence-electron chi connectivity index (χ1n) is 7.09. The van der Waals surface area contributed by atoms with Gasteiger partial charge in [-0.25, -0.2) is 0 Å². The van der Waals surface area contributed by atoms with Gasteiger partial charge in [-0.05, 0) is 19.4 Å². The molecule has 0 saturated carbocycles. The van der Waals surface area contributed by atoms with Gasteiger partial charge in [0, 0.05) is 12.2 Å². The zero-order valence-electron chi connectivity index (χ0n) is 12.0. The summed E-state index contributed by atoms with van der Waals surface area (Å²) < 4.78 is 16.9. The first-order valence-corrected chi connectivity index (χ1v) is 7.09. The van der Waals surface area contributed by atoms with E-state index in [1.165, 1.54) is 0 Å². The molecule has 0 radical (unpaired) electrons. The Morgan fingerprint density at radius 2 is 2.05 bits per heavy atom. The van der Waals surface area contributed by atoms with Gasteiger partial charge in [-0.2, -0.15) is 0 Å². The second-order valence-corrected chi connectivity index (χ2v) is 5.45. The summed E-state index contributed by atoms with van der Waals surface area (Å²) in [6.07, 6.45) is -3.54. The van der Waals surface area contributed by atoms with Gasteiger partial charge in [0.1, 0.15) is 12.2 Å². The second kappa shape index (κ2) is 5.01. The fourth-order valence-corrected chi connectivity index (χ4v) is 3.12. The number of fused-ring (bicyclic) bond motifs is 2. The Kier molecular flexibility index (Phi) is 3.56. The summed E-state index contributed by atoms with van der Waals surface area (Å²) in [6, 6.07) is 7.29. The number of hydrogen-bond donors (Lipinski definition) is 3. The average molecular weight is 296 g/mol. The van der Waals surface area contributed by atoms with Crippen LogP contribution in [0, 0.1) is 0 Å². The Morgan fingerprint density at radius 1 is 1.33 bits per heavy atom. The molecule has 1 aromatic rings. The average Bonchev–Trinajstić information content (AvgIpc) is 2.85. The maximum Gasteiger partial charge on any atom is 0.255 e. The van der Waals surface area contributed by atoms with Gasteiger partial charge < -0.3 is 29.5 Å². The molecule has 5 unspecified atom stereocenters. The standard InChI is InChI=1S/C15H20O6/c1-3-19-14(18)13(17)12(16)9(2)21-15(14)11-7-5-4-6-10(11)8-20-15/h4-7,9,12-13,16-18H,3,8H2,1-2H3. The Labute approximate surface area is 122 Å². The number of hydrogen-bond acceptors (Lipinski definition) is 6. The predicted octanol–water partition coefficient (Wildman–Crippen LogP) is 0.235. The number of rotatable bonds is 2. The van der Waals surface area contributed by atoms with Gasteiger partial charge in [0.05, 0.1) is 12.7 Å². The van der Waals surface area contributed by atoms with Crippen molar-refractivity contribution >= 4 is 0 Å². The largest absolute Gasteiger partial charge is 0.387 e. The van der Waals surface area contributed by atoms with E-state index >= 15 is 0 Å². The maximum atomic E-state index is 10.9. The number of benzene rings is 1. The van der Waals surface area contributed by atoms with Crippen LogP contribution in [0.15, 0.2) is 24.3 Å². The van der Waals surface area contributed by atoms with E-state index in [0.29, 0.717) is 5.56 Å². The highest BCUT2D eigenvalue weighted by Crippen LogP contribution is 2.51. The van der Waals surface area contributed by atoms with Crippen LogP contribution >= 0.6 is 0 Å². The monoisotopic (exact) mass is 296 g/mol. The molecule has 6 heteroatoms.